The predicted octanol–water partition coefficient (Wildman–Crippen LogP) is 2.64. The Morgan fingerprint density at radius 3 is 2.44 bits per heavy atom. The molecule has 2 nitrogen and oxygen atoms in total. The second-order valence-electron chi connectivity index (χ2n) is 5.28. The molecule has 0 amide bonds. The highest BCUT2D eigenvalue weighted by atomic mass is 15.0. The molecule has 0 heterocycles. The molecule has 1 aromatic rings. The fourth-order valence-corrected chi connectivity index (χ4v) is 2.71. The summed E-state index contributed by atoms with van der Waals surface area (Å²) in [5.74, 6) is 0. The van der Waals surface area contributed by atoms with E-state index in [-0.39, 0.29) is 5.54 Å². The van der Waals surface area contributed by atoms with E-state index < -0.39 is 0 Å². The molecule has 2 heteroatoms. The molecular weight excluding hydrogens is 220 g/mol. The molecule has 1 atom stereocenters. The summed E-state index contributed by atoms with van der Waals surface area (Å²) in [6.07, 6.45) is 8.87. The van der Waals surface area contributed by atoms with Gasteiger partial charge in [0.2, 0.25) is 0 Å². The molecule has 0 bridgehead atoms. The average Bonchev–Trinajstić information content (AvgIpc) is 2.92. The molecule has 0 aliphatic heterocycles. The molecule has 3 N–H and O–H groups in total. The quantitative estimate of drug-likeness (QED) is 0.755. The first-order valence-electron chi connectivity index (χ1n) is 6.95. The van der Waals surface area contributed by atoms with Crippen LogP contribution in [0.5, 0.6) is 0 Å². The Kier molecular flexibility index (Phi) is 4.56. The van der Waals surface area contributed by atoms with Crippen LogP contribution < -0.4 is 11.1 Å². The number of rotatable bonds is 6. The summed E-state index contributed by atoms with van der Waals surface area (Å²) in [7, 11) is 0. The molecule has 1 aromatic carbocycles. The lowest BCUT2D eigenvalue weighted by Gasteiger charge is -2.36. The van der Waals surface area contributed by atoms with Crippen LogP contribution in [0.3, 0.4) is 0 Å². The molecule has 0 radical (unpaired) electrons. The second-order valence-corrected chi connectivity index (χ2v) is 5.28. The van der Waals surface area contributed by atoms with Crippen molar-refractivity contribution in [3.8, 4) is 0 Å². The summed E-state index contributed by atoms with van der Waals surface area (Å²) in [5, 5.41) is 3.79. The van der Waals surface area contributed by atoms with E-state index in [1.807, 2.05) is 0 Å². The van der Waals surface area contributed by atoms with Gasteiger partial charge in [0.25, 0.3) is 0 Å². The molecule has 18 heavy (non-hydrogen) atoms. The van der Waals surface area contributed by atoms with Gasteiger partial charge in [-0.1, -0.05) is 49.4 Å². The van der Waals surface area contributed by atoms with Crippen LogP contribution in [0.1, 0.15) is 31.7 Å². The van der Waals surface area contributed by atoms with E-state index in [1.165, 1.54) is 5.56 Å². The Morgan fingerprint density at radius 2 is 1.89 bits per heavy atom. The topological polar surface area (TPSA) is 38.0 Å². The summed E-state index contributed by atoms with van der Waals surface area (Å²) in [6.45, 7) is 2.92. The summed E-state index contributed by atoms with van der Waals surface area (Å²) in [6, 6.07) is 11.2. The molecular formula is C16H24N2. The van der Waals surface area contributed by atoms with Crippen molar-refractivity contribution in [2.24, 2.45) is 5.73 Å². The van der Waals surface area contributed by atoms with Gasteiger partial charge in [-0.2, -0.15) is 0 Å². The molecule has 1 unspecified atom stereocenters. The first kappa shape index (κ1) is 13.3. The summed E-state index contributed by atoms with van der Waals surface area (Å²) in [5.41, 5.74) is 7.47. The van der Waals surface area contributed by atoms with Crippen molar-refractivity contribution < 1.29 is 0 Å². The van der Waals surface area contributed by atoms with Gasteiger partial charge >= 0.3 is 0 Å². The maximum Gasteiger partial charge on any atom is 0.0344 e. The minimum atomic E-state index is 0.0397. The first-order valence-corrected chi connectivity index (χ1v) is 6.95. The van der Waals surface area contributed by atoms with Crippen LogP contribution in [0.15, 0.2) is 42.5 Å². The van der Waals surface area contributed by atoms with Crippen molar-refractivity contribution in [2.45, 2.75) is 44.2 Å². The standard InChI is InChI=1S/C16H24N2/c1-2-16(13-17,18-15-10-6-7-11-15)12-14-8-4-3-5-9-14/h3-9,15,18H,2,10-13,17H2,1H3. The van der Waals surface area contributed by atoms with Crippen molar-refractivity contribution in [3.05, 3.63) is 48.0 Å². The molecule has 0 aromatic heterocycles. The van der Waals surface area contributed by atoms with Gasteiger partial charge in [-0.15, -0.1) is 0 Å². The van der Waals surface area contributed by atoms with Crippen molar-refractivity contribution in [3.63, 3.8) is 0 Å². The van der Waals surface area contributed by atoms with Gasteiger partial charge in [-0.25, -0.2) is 0 Å². The van der Waals surface area contributed by atoms with Gasteiger partial charge in [0.15, 0.2) is 0 Å². The third-order valence-electron chi connectivity index (χ3n) is 3.97. The zero-order chi connectivity index (χ0) is 12.8. The zero-order valence-electron chi connectivity index (χ0n) is 11.2. The number of nitrogens with two attached hydrogens (primary N) is 1. The lowest BCUT2D eigenvalue weighted by atomic mass is 9.87. The minimum absolute atomic E-state index is 0.0397. The third-order valence-corrected chi connectivity index (χ3v) is 3.97. The van der Waals surface area contributed by atoms with Crippen molar-refractivity contribution >= 4 is 0 Å². The van der Waals surface area contributed by atoms with Gasteiger partial charge in [-0.05, 0) is 31.2 Å². The van der Waals surface area contributed by atoms with Crippen LogP contribution in [0.25, 0.3) is 0 Å². The average molecular weight is 244 g/mol. The molecule has 1 aliphatic rings. The van der Waals surface area contributed by atoms with Gasteiger partial charge in [0.1, 0.15) is 0 Å². The van der Waals surface area contributed by atoms with E-state index in [1.54, 1.807) is 0 Å². The summed E-state index contributed by atoms with van der Waals surface area (Å²) >= 11 is 0. The van der Waals surface area contributed by atoms with Crippen LogP contribution >= 0.6 is 0 Å². The van der Waals surface area contributed by atoms with Gasteiger partial charge in [0.05, 0.1) is 0 Å². The highest BCUT2D eigenvalue weighted by molar-refractivity contribution is 5.18. The van der Waals surface area contributed by atoms with Gasteiger partial charge in [0, 0.05) is 18.1 Å². The number of hydrogen-bond donors (Lipinski definition) is 2. The molecule has 0 fully saturated rings. The Morgan fingerprint density at radius 1 is 1.22 bits per heavy atom. The first-order chi connectivity index (χ1) is 8.78. The van der Waals surface area contributed by atoms with Crippen LogP contribution in [-0.2, 0) is 6.42 Å². The minimum Gasteiger partial charge on any atom is -0.329 e. The Labute approximate surface area is 110 Å². The van der Waals surface area contributed by atoms with Crippen LogP contribution in [0.2, 0.25) is 0 Å². The van der Waals surface area contributed by atoms with Crippen molar-refractivity contribution in [1.82, 2.24) is 5.32 Å². The monoisotopic (exact) mass is 244 g/mol. The van der Waals surface area contributed by atoms with Crippen LogP contribution in [0.4, 0.5) is 0 Å². The highest BCUT2D eigenvalue weighted by Gasteiger charge is 2.29. The molecule has 98 valence electrons. The Bertz CT molecular complexity index is 371. The summed E-state index contributed by atoms with van der Waals surface area (Å²) < 4.78 is 0. The maximum absolute atomic E-state index is 6.06. The summed E-state index contributed by atoms with van der Waals surface area (Å²) in [4.78, 5) is 0. The van der Waals surface area contributed by atoms with Gasteiger partial charge in [-0.3, -0.25) is 0 Å². The Balaban J connectivity index is 2.05. The van der Waals surface area contributed by atoms with E-state index >= 15 is 0 Å². The predicted molar refractivity (Wildman–Crippen MR) is 77.5 cm³/mol. The van der Waals surface area contributed by atoms with Crippen LogP contribution in [-0.4, -0.2) is 18.1 Å². The molecule has 1 aliphatic carbocycles. The van der Waals surface area contributed by atoms with E-state index in [0.29, 0.717) is 12.6 Å². The molecule has 0 saturated heterocycles. The lowest BCUT2D eigenvalue weighted by molar-refractivity contribution is 0.282. The van der Waals surface area contributed by atoms with Gasteiger partial charge < -0.3 is 11.1 Å². The van der Waals surface area contributed by atoms with Crippen molar-refractivity contribution in [1.29, 1.82) is 0 Å². The molecule has 0 spiro atoms. The zero-order valence-corrected chi connectivity index (χ0v) is 11.2. The van der Waals surface area contributed by atoms with E-state index in [0.717, 1.165) is 25.7 Å². The second kappa shape index (κ2) is 6.17. The van der Waals surface area contributed by atoms with Crippen molar-refractivity contribution in [2.75, 3.05) is 6.54 Å². The molecule has 2 rings (SSSR count). The SMILES string of the molecule is CCC(CN)(Cc1ccccc1)NC1CC=CC1. The lowest BCUT2D eigenvalue weighted by Crippen LogP contribution is -2.55. The number of hydrogen-bond acceptors (Lipinski definition) is 2. The molecule has 0 saturated carbocycles. The highest BCUT2D eigenvalue weighted by Crippen LogP contribution is 2.21. The van der Waals surface area contributed by atoms with E-state index in [9.17, 15) is 0 Å². The third kappa shape index (κ3) is 3.21. The number of benzene rings is 1. The Hall–Kier alpha value is -1.12. The number of nitrogens with one attached hydrogen (secondary N) is 1. The van der Waals surface area contributed by atoms with Crippen LogP contribution in [0, 0.1) is 0 Å². The smallest absolute Gasteiger partial charge is 0.0344 e. The fourth-order valence-electron chi connectivity index (χ4n) is 2.71. The van der Waals surface area contributed by atoms with E-state index in [2.05, 4.69) is 54.7 Å². The normalized spacial score (nSPS) is 19.0. The maximum atomic E-state index is 6.06. The largest absolute Gasteiger partial charge is 0.329 e. The van der Waals surface area contributed by atoms with E-state index in [4.69, 9.17) is 5.73 Å². The fraction of sp³-hybridized carbons (Fsp3) is 0.500.